The second kappa shape index (κ2) is 11.3. The number of fused-ring (bicyclic) bond motifs is 4. The predicted molar refractivity (Wildman–Crippen MR) is 194 cm³/mol. The molecule has 0 spiro atoms. The fourth-order valence-corrected chi connectivity index (χ4v) is 6.73. The molecule has 8 aromatic rings. The molecule has 0 radical (unpaired) electrons. The van der Waals surface area contributed by atoms with E-state index in [-0.39, 0.29) is 0 Å². The highest BCUT2D eigenvalue weighted by Gasteiger charge is 2.26. The van der Waals surface area contributed by atoms with Crippen LogP contribution in [0.15, 0.2) is 178 Å². The number of hydrogen-bond acceptors (Lipinski definition) is 4. The largest absolute Gasteiger partial charge is 0.456 e. The molecule has 0 saturated carbocycles. The van der Waals surface area contributed by atoms with Crippen LogP contribution in [-0.2, 0) is 0 Å². The normalized spacial score (nSPS) is 14.6. The second-order valence-electron chi connectivity index (χ2n) is 11.8. The van der Waals surface area contributed by atoms with E-state index in [1.54, 1.807) is 0 Å². The van der Waals surface area contributed by atoms with E-state index in [0.29, 0.717) is 5.84 Å². The number of nitrogens with one attached hydrogen (secondary N) is 1. The van der Waals surface area contributed by atoms with Gasteiger partial charge in [0.05, 0.1) is 0 Å². The van der Waals surface area contributed by atoms with Gasteiger partial charge in [-0.05, 0) is 45.2 Å². The first kappa shape index (κ1) is 27.1. The first-order chi connectivity index (χ1) is 23.3. The summed E-state index contributed by atoms with van der Waals surface area (Å²) in [6, 6.07) is 56.8. The van der Waals surface area contributed by atoms with Gasteiger partial charge in [0.2, 0.25) is 0 Å². The number of amidine groups is 2. The van der Waals surface area contributed by atoms with Crippen LogP contribution in [0.4, 0.5) is 0 Å². The Morgan fingerprint density at radius 3 is 1.87 bits per heavy atom. The Morgan fingerprint density at radius 2 is 1.06 bits per heavy atom. The molecule has 47 heavy (non-hydrogen) atoms. The number of nitrogens with zero attached hydrogens (tertiary/aromatic N) is 2. The monoisotopic (exact) mass is 603 g/mol. The van der Waals surface area contributed by atoms with Crippen molar-refractivity contribution in [1.82, 2.24) is 5.32 Å². The zero-order valence-corrected chi connectivity index (χ0v) is 25.5. The molecule has 0 saturated heterocycles. The van der Waals surface area contributed by atoms with Crippen LogP contribution >= 0.6 is 0 Å². The molecule has 9 rings (SSSR count). The molecule has 1 atom stereocenters. The van der Waals surface area contributed by atoms with E-state index in [0.717, 1.165) is 61.0 Å². The zero-order chi connectivity index (χ0) is 31.2. The molecular weight excluding hydrogens is 574 g/mol. The van der Waals surface area contributed by atoms with Crippen LogP contribution in [0.25, 0.3) is 55.0 Å². The summed E-state index contributed by atoms with van der Waals surface area (Å²) in [4.78, 5) is 10.3. The quantitative estimate of drug-likeness (QED) is 0.213. The minimum absolute atomic E-state index is 0.394. The van der Waals surface area contributed by atoms with Gasteiger partial charge < -0.3 is 9.73 Å². The van der Waals surface area contributed by atoms with Crippen molar-refractivity contribution in [3.05, 3.63) is 180 Å². The summed E-state index contributed by atoms with van der Waals surface area (Å²) in [5, 5.41) is 8.17. The molecule has 1 N–H and O–H groups in total. The molecule has 0 bridgehead atoms. The van der Waals surface area contributed by atoms with E-state index in [1.165, 1.54) is 16.5 Å². The maximum Gasteiger partial charge on any atom is 0.159 e. The summed E-state index contributed by atoms with van der Waals surface area (Å²) in [6.45, 7) is 0. The number of rotatable bonds is 5. The van der Waals surface area contributed by atoms with Crippen molar-refractivity contribution in [3.8, 4) is 22.3 Å². The lowest BCUT2D eigenvalue weighted by Gasteiger charge is -2.25. The molecule has 1 aliphatic rings. The van der Waals surface area contributed by atoms with Crippen LogP contribution in [0.2, 0.25) is 0 Å². The first-order valence-electron chi connectivity index (χ1n) is 15.9. The Kier molecular flexibility index (Phi) is 6.50. The summed E-state index contributed by atoms with van der Waals surface area (Å²) in [7, 11) is 0. The SMILES string of the molecule is c1ccc(C2=NC(c3cccc4oc5cccc(-c6ccc(-c7ccccc7)cc6)c5c34)NC(c3cccc4ccccc34)=N2)cc1. The van der Waals surface area contributed by atoms with Gasteiger partial charge in [-0.3, -0.25) is 0 Å². The van der Waals surface area contributed by atoms with Gasteiger partial charge in [0.1, 0.15) is 23.2 Å². The van der Waals surface area contributed by atoms with Crippen molar-refractivity contribution in [1.29, 1.82) is 0 Å². The van der Waals surface area contributed by atoms with Gasteiger partial charge in [-0.1, -0.05) is 152 Å². The summed E-state index contributed by atoms with van der Waals surface area (Å²) >= 11 is 0. The Balaban J connectivity index is 1.22. The number of furan rings is 1. The maximum atomic E-state index is 6.51. The number of aliphatic imine (C=N–C) groups is 2. The minimum Gasteiger partial charge on any atom is -0.456 e. The highest BCUT2D eigenvalue weighted by Crippen LogP contribution is 2.41. The van der Waals surface area contributed by atoms with Crippen LogP contribution in [0.5, 0.6) is 0 Å². The van der Waals surface area contributed by atoms with Crippen molar-refractivity contribution in [2.75, 3.05) is 0 Å². The molecule has 0 amide bonds. The lowest BCUT2D eigenvalue weighted by Crippen LogP contribution is -2.33. The lowest BCUT2D eigenvalue weighted by molar-refractivity contribution is 0.662. The average molecular weight is 604 g/mol. The third-order valence-electron chi connectivity index (χ3n) is 8.97. The molecule has 1 unspecified atom stereocenters. The lowest BCUT2D eigenvalue weighted by atomic mass is 9.95. The van der Waals surface area contributed by atoms with E-state index in [2.05, 4.69) is 139 Å². The first-order valence-corrected chi connectivity index (χ1v) is 15.9. The average Bonchev–Trinajstić information content (AvgIpc) is 3.54. The minimum atomic E-state index is -0.394. The molecule has 4 nitrogen and oxygen atoms in total. The van der Waals surface area contributed by atoms with Gasteiger partial charge in [0.15, 0.2) is 5.84 Å². The van der Waals surface area contributed by atoms with Gasteiger partial charge in [0, 0.05) is 27.5 Å². The van der Waals surface area contributed by atoms with Crippen molar-refractivity contribution < 1.29 is 4.42 Å². The summed E-state index contributed by atoms with van der Waals surface area (Å²) in [5.41, 5.74) is 9.38. The van der Waals surface area contributed by atoms with E-state index in [1.807, 2.05) is 30.3 Å². The van der Waals surface area contributed by atoms with Crippen molar-refractivity contribution in [3.63, 3.8) is 0 Å². The highest BCUT2D eigenvalue weighted by molar-refractivity contribution is 6.18. The molecule has 7 aromatic carbocycles. The van der Waals surface area contributed by atoms with Gasteiger partial charge in [-0.25, -0.2) is 9.98 Å². The van der Waals surface area contributed by atoms with Crippen LogP contribution in [-0.4, -0.2) is 11.7 Å². The number of hydrogen-bond donors (Lipinski definition) is 1. The molecule has 222 valence electrons. The van der Waals surface area contributed by atoms with Gasteiger partial charge in [0.25, 0.3) is 0 Å². The highest BCUT2D eigenvalue weighted by atomic mass is 16.3. The number of benzene rings is 7. The van der Waals surface area contributed by atoms with Crippen molar-refractivity contribution >= 4 is 44.4 Å². The Hall–Kier alpha value is -6.26. The maximum absolute atomic E-state index is 6.51. The van der Waals surface area contributed by atoms with E-state index in [9.17, 15) is 0 Å². The van der Waals surface area contributed by atoms with Crippen LogP contribution in [0, 0.1) is 0 Å². The Labute approximate surface area is 272 Å². The summed E-state index contributed by atoms with van der Waals surface area (Å²) in [6.07, 6.45) is -0.394. The molecular formula is C43H29N3O. The predicted octanol–water partition coefficient (Wildman–Crippen LogP) is 10.6. The summed E-state index contributed by atoms with van der Waals surface area (Å²) in [5.74, 6) is 1.49. The van der Waals surface area contributed by atoms with Gasteiger partial charge in [-0.2, -0.15) is 0 Å². The fraction of sp³-hybridized carbons (Fsp3) is 0.0233. The summed E-state index contributed by atoms with van der Waals surface area (Å²) < 4.78 is 6.51. The molecule has 1 aliphatic heterocycles. The van der Waals surface area contributed by atoms with Crippen molar-refractivity contribution in [2.45, 2.75) is 6.17 Å². The zero-order valence-electron chi connectivity index (χ0n) is 25.5. The second-order valence-corrected chi connectivity index (χ2v) is 11.8. The Bertz CT molecular complexity index is 2470. The third kappa shape index (κ3) is 4.79. The molecule has 0 aliphatic carbocycles. The van der Waals surface area contributed by atoms with E-state index < -0.39 is 6.17 Å². The van der Waals surface area contributed by atoms with Crippen molar-refractivity contribution in [2.24, 2.45) is 9.98 Å². The van der Waals surface area contributed by atoms with Crippen LogP contribution in [0.1, 0.15) is 22.9 Å². The van der Waals surface area contributed by atoms with Crippen LogP contribution < -0.4 is 5.32 Å². The smallest absolute Gasteiger partial charge is 0.159 e. The fourth-order valence-electron chi connectivity index (χ4n) is 6.73. The molecule has 2 heterocycles. The molecule has 0 fully saturated rings. The molecule has 4 heteroatoms. The standard InChI is InChI=1S/C43H29N3O/c1-3-12-28(13-4-1)29-24-26-31(27-25-29)34-19-10-22-37-39(34)40-36(21-11-23-38(40)47-37)43-45-41(32-15-5-2-6-16-32)44-42(46-43)35-20-9-17-30-14-7-8-18-33(30)35/h1-27,43H,(H,44,45,46). The van der Waals surface area contributed by atoms with E-state index >= 15 is 0 Å². The Morgan fingerprint density at radius 1 is 0.468 bits per heavy atom. The van der Waals surface area contributed by atoms with E-state index in [4.69, 9.17) is 14.4 Å². The molecule has 1 aromatic heterocycles. The van der Waals surface area contributed by atoms with Gasteiger partial charge in [-0.15, -0.1) is 0 Å². The van der Waals surface area contributed by atoms with Crippen LogP contribution in [0.3, 0.4) is 0 Å². The topological polar surface area (TPSA) is 49.9 Å². The third-order valence-corrected chi connectivity index (χ3v) is 8.97. The van der Waals surface area contributed by atoms with Gasteiger partial charge >= 0.3 is 0 Å².